The van der Waals surface area contributed by atoms with Gasteiger partial charge in [-0.3, -0.25) is 9.88 Å². The van der Waals surface area contributed by atoms with Gasteiger partial charge in [0.25, 0.3) is 0 Å². The van der Waals surface area contributed by atoms with E-state index in [2.05, 4.69) is 108 Å². The second-order valence-electron chi connectivity index (χ2n) is 13.5. The third-order valence-corrected chi connectivity index (χ3v) is 10.1. The first-order valence-corrected chi connectivity index (χ1v) is 18.0. The number of dihydropyridines is 1. The monoisotopic (exact) mass is 688 g/mol. The molecular weight excluding hydrogens is 636 g/mol. The summed E-state index contributed by atoms with van der Waals surface area (Å²) in [6.07, 6.45) is 12.6. The Morgan fingerprint density at radius 1 is 0.863 bits per heavy atom. The molecule has 0 spiro atoms. The predicted molar refractivity (Wildman–Crippen MR) is 206 cm³/mol. The van der Waals surface area contributed by atoms with Gasteiger partial charge in [-0.25, -0.2) is 0 Å². The maximum absolute atomic E-state index is 5.74. The zero-order valence-electron chi connectivity index (χ0n) is 30.9. The molecule has 1 N–H and O–H groups in total. The second-order valence-corrected chi connectivity index (χ2v) is 13.5. The van der Waals surface area contributed by atoms with Crippen LogP contribution in [0.2, 0.25) is 0 Å². The molecule has 0 bridgehead atoms. The van der Waals surface area contributed by atoms with Crippen molar-refractivity contribution in [1.82, 2.24) is 15.2 Å². The van der Waals surface area contributed by atoms with Gasteiger partial charge in [-0.15, -0.1) is 0 Å². The van der Waals surface area contributed by atoms with E-state index >= 15 is 0 Å². The SMILES string of the molecule is CCCc1cc(-c2cc(CN(c3ccc(OC)cc3)C3CCN(CC4=CC(c5ccc(C)c(OC)c5)NC=C4)CC3)ccn2)cc(OC)c1OC. The Morgan fingerprint density at radius 3 is 2.35 bits per heavy atom. The number of hydrogen-bond donors (Lipinski definition) is 1. The maximum Gasteiger partial charge on any atom is 0.163 e. The van der Waals surface area contributed by atoms with Crippen LogP contribution in [0.1, 0.15) is 54.5 Å². The predicted octanol–water partition coefficient (Wildman–Crippen LogP) is 8.30. The van der Waals surface area contributed by atoms with Crippen molar-refractivity contribution in [3.63, 3.8) is 0 Å². The summed E-state index contributed by atoms with van der Waals surface area (Å²) >= 11 is 0. The highest BCUT2D eigenvalue weighted by Crippen LogP contribution is 2.37. The largest absolute Gasteiger partial charge is 0.497 e. The number of methoxy groups -OCH3 is 4. The second kappa shape index (κ2) is 16.8. The normalized spacial score (nSPS) is 16.3. The number of benzene rings is 3. The number of aromatic nitrogens is 1. The molecule has 1 atom stereocenters. The van der Waals surface area contributed by atoms with Gasteiger partial charge in [-0.1, -0.05) is 31.6 Å². The lowest BCUT2D eigenvalue weighted by Gasteiger charge is -2.40. The summed E-state index contributed by atoms with van der Waals surface area (Å²) in [5.74, 6) is 3.32. The Morgan fingerprint density at radius 2 is 1.65 bits per heavy atom. The molecule has 8 nitrogen and oxygen atoms in total. The number of ether oxygens (including phenoxy) is 4. The first-order chi connectivity index (χ1) is 24.9. The van der Waals surface area contributed by atoms with Crippen LogP contribution < -0.4 is 29.2 Å². The van der Waals surface area contributed by atoms with Gasteiger partial charge in [0.2, 0.25) is 0 Å². The molecule has 3 aromatic carbocycles. The number of hydrogen-bond acceptors (Lipinski definition) is 8. The number of pyridine rings is 1. The molecule has 1 fully saturated rings. The molecule has 51 heavy (non-hydrogen) atoms. The lowest BCUT2D eigenvalue weighted by atomic mass is 9.97. The molecule has 1 saturated heterocycles. The van der Waals surface area contributed by atoms with Gasteiger partial charge in [0.1, 0.15) is 11.5 Å². The van der Waals surface area contributed by atoms with E-state index in [-0.39, 0.29) is 6.04 Å². The number of nitrogens with zero attached hydrogens (tertiary/aromatic N) is 3. The van der Waals surface area contributed by atoms with Crippen molar-refractivity contribution in [2.75, 3.05) is 53.0 Å². The van der Waals surface area contributed by atoms with Gasteiger partial charge in [-0.05, 0) is 121 Å². The molecule has 6 rings (SSSR count). The topological polar surface area (TPSA) is 68.3 Å². The summed E-state index contributed by atoms with van der Waals surface area (Å²) < 4.78 is 22.6. The summed E-state index contributed by atoms with van der Waals surface area (Å²) in [5.41, 5.74) is 9.21. The Hall–Kier alpha value is -4.95. The number of rotatable bonds is 14. The zero-order chi connectivity index (χ0) is 35.7. The summed E-state index contributed by atoms with van der Waals surface area (Å²) in [6, 6.07) is 24.1. The van der Waals surface area contributed by atoms with E-state index < -0.39 is 0 Å². The number of nitrogens with one attached hydrogen (secondary N) is 1. The molecule has 3 heterocycles. The van der Waals surface area contributed by atoms with E-state index in [1.54, 1.807) is 28.4 Å². The van der Waals surface area contributed by atoms with Crippen LogP contribution in [-0.2, 0) is 13.0 Å². The minimum atomic E-state index is 0.130. The van der Waals surface area contributed by atoms with Crippen LogP contribution in [0.3, 0.4) is 0 Å². The van der Waals surface area contributed by atoms with Crippen molar-refractivity contribution in [2.45, 2.75) is 58.2 Å². The summed E-state index contributed by atoms with van der Waals surface area (Å²) in [6.45, 7) is 8.04. The standard InChI is InChI=1S/C43H52N4O4/c1-7-8-34-25-35(27-42(50-5)43(34)51-6)40-24-32(16-20-45-40)29-47(36-11-13-38(48-3)14-12-36)37-17-21-46(22-18-37)28-31-15-19-44-39(23-31)33-10-9-30(2)41(26-33)49-4/h9-16,19-20,23-27,37,39,44H,7-8,17-18,21-22,28-29H2,1-6H3. The van der Waals surface area contributed by atoms with E-state index in [1.165, 1.54) is 22.4 Å². The molecular formula is C43H52N4O4. The van der Waals surface area contributed by atoms with Crippen LogP contribution in [-0.4, -0.2) is 64.0 Å². The van der Waals surface area contributed by atoms with Gasteiger partial charge in [0.05, 0.1) is 40.2 Å². The lowest BCUT2D eigenvalue weighted by Crippen LogP contribution is -2.45. The maximum atomic E-state index is 5.74. The lowest BCUT2D eigenvalue weighted by molar-refractivity contribution is 0.224. The van der Waals surface area contributed by atoms with E-state index in [0.29, 0.717) is 6.04 Å². The van der Waals surface area contributed by atoms with Crippen LogP contribution in [0.25, 0.3) is 11.3 Å². The number of likely N-dealkylation sites (tertiary alicyclic amines) is 1. The van der Waals surface area contributed by atoms with Gasteiger partial charge >= 0.3 is 0 Å². The molecule has 0 radical (unpaired) electrons. The molecule has 0 aliphatic carbocycles. The molecule has 268 valence electrons. The van der Waals surface area contributed by atoms with E-state index in [0.717, 1.165) is 97.2 Å². The summed E-state index contributed by atoms with van der Waals surface area (Å²) in [7, 11) is 6.85. The average Bonchev–Trinajstić information content (AvgIpc) is 3.17. The van der Waals surface area contributed by atoms with Crippen molar-refractivity contribution < 1.29 is 18.9 Å². The number of anilines is 1. The number of piperidine rings is 1. The molecule has 0 amide bonds. The molecule has 1 aromatic heterocycles. The third kappa shape index (κ3) is 8.51. The minimum Gasteiger partial charge on any atom is -0.497 e. The van der Waals surface area contributed by atoms with Gasteiger partial charge in [0.15, 0.2) is 11.5 Å². The van der Waals surface area contributed by atoms with E-state index in [1.807, 2.05) is 12.3 Å². The van der Waals surface area contributed by atoms with Crippen LogP contribution in [0.4, 0.5) is 5.69 Å². The van der Waals surface area contributed by atoms with E-state index in [9.17, 15) is 0 Å². The smallest absolute Gasteiger partial charge is 0.163 e. The van der Waals surface area contributed by atoms with E-state index in [4.69, 9.17) is 23.9 Å². The Bertz CT molecular complexity index is 1830. The van der Waals surface area contributed by atoms with Crippen LogP contribution >= 0.6 is 0 Å². The van der Waals surface area contributed by atoms with Crippen molar-refractivity contribution in [3.05, 3.63) is 119 Å². The Labute approximate surface area is 303 Å². The highest BCUT2D eigenvalue weighted by molar-refractivity contribution is 5.67. The molecule has 1 unspecified atom stereocenters. The quantitative estimate of drug-likeness (QED) is 0.142. The molecule has 4 aromatic rings. The zero-order valence-corrected chi connectivity index (χ0v) is 30.9. The summed E-state index contributed by atoms with van der Waals surface area (Å²) in [4.78, 5) is 9.96. The van der Waals surface area contributed by atoms with Crippen LogP contribution in [0.5, 0.6) is 23.0 Å². The van der Waals surface area contributed by atoms with Crippen molar-refractivity contribution in [3.8, 4) is 34.3 Å². The minimum absolute atomic E-state index is 0.130. The van der Waals surface area contributed by atoms with Gasteiger partial charge in [0, 0.05) is 49.7 Å². The van der Waals surface area contributed by atoms with Crippen LogP contribution in [0, 0.1) is 6.92 Å². The Kier molecular flexibility index (Phi) is 11.8. The van der Waals surface area contributed by atoms with Crippen molar-refractivity contribution in [1.29, 1.82) is 0 Å². The van der Waals surface area contributed by atoms with Crippen LogP contribution in [0.15, 0.2) is 96.9 Å². The molecule has 8 heteroatoms. The molecule has 2 aliphatic rings. The average molecular weight is 689 g/mol. The third-order valence-electron chi connectivity index (χ3n) is 10.1. The first kappa shape index (κ1) is 35.9. The highest BCUT2D eigenvalue weighted by Gasteiger charge is 2.26. The fourth-order valence-electron chi connectivity index (χ4n) is 7.33. The highest BCUT2D eigenvalue weighted by atomic mass is 16.5. The fraction of sp³-hybridized carbons (Fsp3) is 0.372. The first-order valence-electron chi connectivity index (χ1n) is 18.0. The van der Waals surface area contributed by atoms with Gasteiger partial charge < -0.3 is 29.2 Å². The number of aryl methyl sites for hydroxylation is 2. The van der Waals surface area contributed by atoms with Crippen molar-refractivity contribution >= 4 is 5.69 Å². The molecule has 0 saturated carbocycles. The fourth-order valence-corrected chi connectivity index (χ4v) is 7.33. The van der Waals surface area contributed by atoms with Gasteiger partial charge in [-0.2, -0.15) is 0 Å². The summed E-state index contributed by atoms with van der Waals surface area (Å²) in [5, 5.41) is 3.52. The Balaban J connectivity index is 1.18. The van der Waals surface area contributed by atoms with Crippen molar-refractivity contribution in [2.24, 2.45) is 0 Å². The molecule has 2 aliphatic heterocycles.